The monoisotopic (exact) mass is 256 g/mol. The summed E-state index contributed by atoms with van der Waals surface area (Å²) in [6.45, 7) is 5.39. The number of para-hydroxylation sites is 1. The fourth-order valence-electron chi connectivity index (χ4n) is 1.88. The third kappa shape index (κ3) is 2.65. The molecule has 0 aliphatic heterocycles. The van der Waals surface area contributed by atoms with Crippen molar-refractivity contribution in [3.63, 3.8) is 0 Å². The summed E-state index contributed by atoms with van der Waals surface area (Å²) in [7, 11) is 0. The van der Waals surface area contributed by atoms with Gasteiger partial charge in [-0.1, -0.05) is 32.0 Å². The predicted octanol–water partition coefficient (Wildman–Crippen LogP) is 3.07. The van der Waals surface area contributed by atoms with Crippen molar-refractivity contribution < 1.29 is 14.3 Å². The van der Waals surface area contributed by atoms with Gasteiger partial charge in [0.15, 0.2) is 0 Å². The fourth-order valence-corrected chi connectivity index (χ4v) is 1.88. The van der Waals surface area contributed by atoms with Gasteiger partial charge in [-0.05, 0) is 31.1 Å². The molecular weight excluding hydrogens is 240 g/mol. The second-order valence-corrected chi connectivity index (χ2v) is 4.82. The van der Waals surface area contributed by atoms with E-state index in [0.29, 0.717) is 22.7 Å². The first-order valence-corrected chi connectivity index (χ1v) is 6.25. The van der Waals surface area contributed by atoms with Gasteiger partial charge in [-0.25, -0.2) is 0 Å². The SMILES string of the molecule is CC1=C(Oc2ccccc2)C=C(C(C)C)C(=O)C1=O. The maximum absolute atomic E-state index is 11.9. The molecule has 0 radical (unpaired) electrons. The second-order valence-electron chi connectivity index (χ2n) is 4.82. The summed E-state index contributed by atoms with van der Waals surface area (Å²) in [5, 5.41) is 0. The van der Waals surface area contributed by atoms with Gasteiger partial charge in [0.05, 0.1) is 0 Å². The van der Waals surface area contributed by atoms with E-state index in [2.05, 4.69) is 0 Å². The number of allylic oxidation sites excluding steroid dienone is 3. The number of carbonyl (C=O) groups excluding carboxylic acids is 2. The molecule has 3 nitrogen and oxygen atoms in total. The molecule has 98 valence electrons. The number of ketones is 2. The van der Waals surface area contributed by atoms with E-state index in [1.54, 1.807) is 13.0 Å². The van der Waals surface area contributed by atoms with Crippen LogP contribution in [0.2, 0.25) is 0 Å². The zero-order valence-corrected chi connectivity index (χ0v) is 11.3. The van der Waals surface area contributed by atoms with Crippen LogP contribution in [0, 0.1) is 5.92 Å². The normalized spacial score (nSPS) is 15.9. The number of ether oxygens (including phenoxy) is 1. The lowest BCUT2D eigenvalue weighted by Crippen LogP contribution is -2.26. The van der Waals surface area contributed by atoms with Crippen LogP contribution in [-0.2, 0) is 9.59 Å². The summed E-state index contributed by atoms with van der Waals surface area (Å²) in [5.41, 5.74) is 0.861. The maximum Gasteiger partial charge on any atom is 0.232 e. The summed E-state index contributed by atoms with van der Waals surface area (Å²) in [4.78, 5) is 23.8. The molecule has 1 aromatic rings. The quantitative estimate of drug-likeness (QED) is 0.616. The molecule has 0 N–H and O–H groups in total. The molecule has 19 heavy (non-hydrogen) atoms. The first-order chi connectivity index (χ1) is 9.00. The van der Waals surface area contributed by atoms with Crippen molar-refractivity contribution in [2.45, 2.75) is 20.8 Å². The Balaban J connectivity index is 2.38. The van der Waals surface area contributed by atoms with Gasteiger partial charge >= 0.3 is 0 Å². The number of hydrogen-bond acceptors (Lipinski definition) is 3. The molecule has 0 spiro atoms. The van der Waals surface area contributed by atoms with Crippen LogP contribution in [0.5, 0.6) is 5.75 Å². The lowest BCUT2D eigenvalue weighted by Gasteiger charge is -2.18. The average Bonchev–Trinajstić information content (AvgIpc) is 2.40. The maximum atomic E-state index is 11.9. The van der Waals surface area contributed by atoms with Crippen LogP contribution in [0.15, 0.2) is 53.3 Å². The Morgan fingerprint density at radius 1 is 1.00 bits per heavy atom. The molecule has 1 aliphatic rings. The molecule has 1 aromatic carbocycles. The highest BCUT2D eigenvalue weighted by atomic mass is 16.5. The number of Topliss-reactive ketones (excluding diaryl/α,β-unsaturated/α-hetero) is 2. The molecular formula is C16H16O3. The Morgan fingerprint density at radius 3 is 2.21 bits per heavy atom. The highest BCUT2D eigenvalue weighted by Crippen LogP contribution is 2.25. The van der Waals surface area contributed by atoms with Gasteiger partial charge in [0.25, 0.3) is 0 Å². The number of rotatable bonds is 3. The van der Waals surface area contributed by atoms with Crippen LogP contribution in [-0.4, -0.2) is 11.6 Å². The van der Waals surface area contributed by atoms with E-state index >= 15 is 0 Å². The van der Waals surface area contributed by atoms with Crippen molar-refractivity contribution in [1.29, 1.82) is 0 Å². The highest BCUT2D eigenvalue weighted by Gasteiger charge is 2.29. The van der Waals surface area contributed by atoms with Crippen LogP contribution in [0.25, 0.3) is 0 Å². The zero-order valence-electron chi connectivity index (χ0n) is 11.3. The molecule has 0 saturated heterocycles. The van der Waals surface area contributed by atoms with E-state index < -0.39 is 11.6 Å². The van der Waals surface area contributed by atoms with Crippen LogP contribution < -0.4 is 4.74 Å². The van der Waals surface area contributed by atoms with E-state index in [0.717, 1.165) is 0 Å². The molecule has 3 heteroatoms. The largest absolute Gasteiger partial charge is 0.457 e. The van der Waals surface area contributed by atoms with Crippen LogP contribution in [0.3, 0.4) is 0 Å². The summed E-state index contributed by atoms with van der Waals surface area (Å²) >= 11 is 0. The van der Waals surface area contributed by atoms with Crippen molar-refractivity contribution >= 4 is 11.6 Å². The van der Waals surface area contributed by atoms with Crippen LogP contribution in [0.1, 0.15) is 20.8 Å². The van der Waals surface area contributed by atoms with E-state index in [4.69, 9.17) is 4.74 Å². The van der Waals surface area contributed by atoms with Crippen molar-refractivity contribution in [3.8, 4) is 5.75 Å². The average molecular weight is 256 g/mol. The van der Waals surface area contributed by atoms with E-state index in [-0.39, 0.29) is 5.92 Å². The lowest BCUT2D eigenvalue weighted by atomic mass is 9.88. The molecule has 0 fully saturated rings. The summed E-state index contributed by atoms with van der Waals surface area (Å²) in [5.74, 6) is 0.210. The van der Waals surface area contributed by atoms with Crippen molar-refractivity contribution in [2.75, 3.05) is 0 Å². The first kappa shape index (κ1) is 13.3. The first-order valence-electron chi connectivity index (χ1n) is 6.25. The van der Waals surface area contributed by atoms with Gasteiger partial charge in [0, 0.05) is 11.1 Å². The zero-order chi connectivity index (χ0) is 14.0. The third-order valence-corrected chi connectivity index (χ3v) is 3.06. The molecule has 0 saturated carbocycles. The van der Waals surface area contributed by atoms with Crippen molar-refractivity contribution in [3.05, 3.63) is 53.3 Å². The summed E-state index contributed by atoms with van der Waals surface area (Å²) < 4.78 is 5.70. The van der Waals surface area contributed by atoms with Crippen LogP contribution >= 0.6 is 0 Å². The topological polar surface area (TPSA) is 43.4 Å². The molecule has 0 aromatic heterocycles. The van der Waals surface area contributed by atoms with Gasteiger partial charge in [0.2, 0.25) is 11.6 Å². The van der Waals surface area contributed by atoms with Gasteiger partial charge in [0.1, 0.15) is 11.5 Å². The van der Waals surface area contributed by atoms with E-state index in [1.165, 1.54) is 0 Å². The number of benzene rings is 1. The van der Waals surface area contributed by atoms with Gasteiger partial charge in [-0.15, -0.1) is 0 Å². The van der Waals surface area contributed by atoms with Gasteiger partial charge in [-0.2, -0.15) is 0 Å². The van der Waals surface area contributed by atoms with Gasteiger partial charge < -0.3 is 4.74 Å². The molecule has 0 atom stereocenters. The molecule has 0 amide bonds. The minimum absolute atomic E-state index is 0.000997. The Labute approximate surface area is 112 Å². The lowest BCUT2D eigenvalue weighted by molar-refractivity contribution is -0.132. The molecule has 0 heterocycles. The Hall–Kier alpha value is -2.16. The van der Waals surface area contributed by atoms with Gasteiger partial charge in [-0.3, -0.25) is 9.59 Å². The molecule has 1 aliphatic carbocycles. The smallest absolute Gasteiger partial charge is 0.232 e. The van der Waals surface area contributed by atoms with Crippen molar-refractivity contribution in [1.82, 2.24) is 0 Å². The molecule has 0 bridgehead atoms. The third-order valence-electron chi connectivity index (χ3n) is 3.06. The Kier molecular flexibility index (Phi) is 3.65. The van der Waals surface area contributed by atoms with E-state index in [9.17, 15) is 9.59 Å². The van der Waals surface area contributed by atoms with Crippen molar-refractivity contribution in [2.24, 2.45) is 5.92 Å². The predicted molar refractivity (Wildman–Crippen MR) is 72.7 cm³/mol. The van der Waals surface area contributed by atoms with E-state index in [1.807, 2.05) is 44.2 Å². The highest BCUT2D eigenvalue weighted by molar-refractivity contribution is 6.50. The van der Waals surface area contributed by atoms with Crippen LogP contribution in [0.4, 0.5) is 0 Å². The summed E-state index contributed by atoms with van der Waals surface area (Å²) in [6, 6.07) is 9.22. The second kappa shape index (κ2) is 5.22. The molecule has 2 rings (SSSR count). The molecule has 0 unspecified atom stereocenters. The number of carbonyl (C=O) groups is 2. The minimum Gasteiger partial charge on any atom is -0.457 e. The summed E-state index contributed by atoms with van der Waals surface area (Å²) in [6.07, 6.45) is 1.68. The Morgan fingerprint density at radius 2 is 1.63 bits per heavy atom. The minimum atomic E-state index is -0.475. The Bertz CT molecular complexity index is 577. The number of hydrogen-bond donors (Lipinski definition) is 0. The fraction of sp³-hybridized carbons (Fsp3) is 0.250. The standard InChI is InChI=1S/C16H16O3/c1-10(2)13-9-14(11(3)15(17)16(13)18)19-12-7-5-4-6-8-12/h4-10H,1-3H3.